The first-order valence-electron chi connectivity index (χ1n) is 5.89. The zero-order valence-electron chi connectivity index (χ0n) is 9.82. The number of hydrogen-bond donors (Lipinski definition) is 1. The number of carbonyl (C=O) groups is 1. The highest BCUT2D eigenvalue weighted by atomic mass is 127. The molecule has 3 nitrogen and oxygen atoms in total. The Morgan fingerprint density at radius 1 is 1.59 bits per heavy atom. The zero-order valence-corrected chi connectivity index (χ0v) is 12.0. The molecule has 4 heteroatoms. The van der Waals surface area contributed by atoms with E-state index in [4.69, 9.17) is 0 Å². The van der Waals surface area contributed by atoms with E-state index in [0.29, 0.717) is 11.5 Å². The minimum absolute atomic E-state index is 0.0445. The number of rotatable bonds is 2. The van der Waals surface area contributed by atoms with Gasteiger partial charge in [0.15, 0.2) is 0 Å². The number of likely N-dealkylation sites (tertiary alicyclic amines) is 1. The zero-order chi connectivity index (χ0) is 12.4. The standard InChI is InChI=1S/C13H16INO2/c1-2-9-5-6-15(8-9)13(17)11-7-10(14)3-4-12(11)16/h3-4,7,9,16H,2,5-6,8H2,1H3. The predicted octanol–water partition coefficient (Wildman–Crippen LogP) is 2.87. The van der Waals surface area contributed by atoms with Crippen molar-refractivity contribution >= 4 is 28.5 Å². The number of aromatic hydroxyl groups is 1. The van der Waals surface area contributed by atoms with E-state index in [-0.39, 0.29) is 11.7 Å². The molecule has 1 heterocycles. The Morgan fingerprint density at radius 3 is 3.00 bits per heavy atom. The second-order valence-electron chi connectivity index (χ2n) is 4.48. The van der Waals surface area contributed by atoms with Crippen LogP contribution in [0.15, 0.2) is 18.2 Å². The Balaban J connectivity index is 2.17. The summed E-state index contributed by atoms with van der Waals surface area (Å²) in [6.45, 7) is 3.78. The van der Waals surface area contributed by atoms with Crippen molar-refractivity contribution in [3.8, 4) is 5.75 Å². The Morgan fingerprint density at radius 2 is 2.35 bits per heavy atom. The molecule has 17 heavy (non-hydrogen) atoms. The van der Waals surface area contributed by atoms with Gasteiger partial charge >= 0.3 is 0 Å². The van der Waals surface area contributed by atoms with Gasteiger partial charge in [-0.05, 0) is 53.1 Å². The molecule has 1 amide bonds. The number of nitrogens with zero attached hydrogens (tertiary/aromatic N) is 1. The molecule has 1 aromatic carbocycles. The van der Waals surface area contributed by atoms with E-state index in [0.717, 1.165) is 29.5 Å². The lowest BCUT2D eigenvalue weighted by Gasteiger charge is -2.17. The molecule has 1 fully saturated rings. The van der Waals surface area contributed by atoms with Crippen LogP contribution in [0, 0.1) is 9.49 Å². The van der Waals surface area contributed by atoms with Crippen molar-refractivity contribution in [2.45, 2.75) is 19.8 Å². The summed E-state index contributed by atoms with van der Waals surface area (Å²) in [7, 11) is 0. The predicted molar refractivity (Wildman–Crippen MR) is 75.1 cm³/mol. The second kappa shape index (κ2) is 5.25. The lowest BCUT2D eigenvalue weighted by atomic mass is 10.1. The van der Waals surface area contributed by atoms with Gasteiger partial charge in [-0.2, -0.15) is 0 Å². The first-order chi connectivity index (χ1) is 8.11. The van der Waals surface area contributed by atoms with E-state index in [1.165, 1.54) is 0 Å². The van der Waals surface area contributed by atoms with Crippen molar-refractivity contribution < 1.29 is 9.90 Å². The van der Waals surface area contributed by atoms with Gasteiger partial charge in [-0.25, -0.2) is 0 Å². The van der Waals surface area contributed by atoms with Gasteiger partial charge in [-0.15, -0.1) is 0 Å². The number of carbonyl (C=O) groups excluding carboxylic acids is 1. The van der Waals surface area contributed by atoms with Gasteiger partial charge in [0, 0.05) is 16.7 Å². The third-order valence-electron chi connectivity index (χ3n) is 3.34. The van der Waals surface area contributed by atoms with Crippen molar-refractivity contribution in [2.75, 3.05) is 13.1 Å². The maximum Gasteiger partial charge on any atom is 0.257 e. The maximum absolute atomic E-state index is 12.2. The van der Waals surface area contributed by atoms with E-state index in [1.54, 1.807) is 18.2 Å². The summed E-state index contributed by atoms with van der Waals surface area (Å²) in [6.07, 6.45) is 2.19. The molecular formula is C13H16INO2. The SMILES string of the molecule is CCC1CCN(C(=O)c2cc(I)ccc2O)C1. The van der Waals surface area contributed by atoms with Crippen LogP contribution in [0.5, 0.6) is 5.75 Å². The van der Waals surface area contributed by atoms with E-state index in [2.05, 4.69) is 29.5 Å². The van der Waals surface area contributed by atoms with Gasteiger partial charge < -0.3 is 10.0 Å². The monoisotopic (exact) mass is 345 g/mol. The van der Waals surface area contributed by atoms with Gasteiger partial charge in [-0.3, -0.25) is 4.79 Å². The second-order valence-corrected chi connectivity index (χ2v) is 5.72. The van der Waals surface area contributed by atoms with Crippen LogP contribution < -0.4 is 0 Å². The van der Waals surface area contributed by atoms with Crippen molar-refractivity contribution in [3.05, 3.63) is 27.3 Å². The minimum Gasteiger partial charge on any atom is -0.507 e. The van der Waals surface area contributed by atoms with Crippen LogP contribution in [-0.2, 0) is 0 Å². The highest BCUT2D eigenvalue weighted by Crippen LogP contribution is 2.25. The van der Waals surface area contributed by atoms with Crippen LogP contribution in [0.2, 0.25) is 0 Å². The van der Waals surface area contributed by atoms with E-state index < -0.39 is 0 Å². The fourth-order valence-corrected chi connectivity index (χ4v) is 2.69. The van der Waals surface area contributed by atoms with Crippen LogP contribution in [-0.4, -0.2) is 29.0 Å². The van der Waals surface area contributed by atoms with E-state index >= 15 is 0 Å². The van der Waals surface area contributed by atoms with E-state index in [1.807, 2.05) is 4.90 Å². The first-order valence-corrected chi connectivity index (χ1v) is 6.97. The molecule has 1 aliphatic rings. The lowest BCUT2D eigenvalue weighted by molar-refractivity contribution is 0.0784. The third kappa shape index (κ3) is 2.73. The molecule has 2 rings (SSSR count). The van der Waals surface area contributed by atoms with Crippen molar-refractivity contribution in [1.29, 1.82) is 0 Å². The normalized spacial score (nSPS) is 19.6. The Labute approximate surface area is 115 Å². The summed E-state index contributed by atoms with van der Waals surface area (Å²) in [5, 5.41) is 9.74. The summed E-state index contributed by atoms with van der Waals surface area (Å²) >= 11 is 2.15. The molecule has 0 aliphatic carbocycles. The molecule has 1 N–H and O–H groups in total. The Kier molecular flexibility index (Phi) is 3.91. The molecule has 1 saturated heterocycles. The van der Waals surface area contributed by atoms with Crippen LogP contribution in [0.3, 0.4) is 0 Å². The van der Waals surface area contributed by atoms with Gasteiger partial charge in [0.1, 0.15) is 5.75 Å². The summed E-state index contributed by atoms with van der Waals surface area (Å²) in [6, 6.07) is 5.13. The van der Waals surface area contributed by atoms with Gasteiger partial charge in [0.05, 0.1) is 5.56 Å². The average molecular weight is 345 g/mol. The van der Waals surface area contributed by atoms with E-state index in [9.17, 15) is 9.90 Å². The molecule has 0 radical (unpaired) electrons. The average Bonchev–Trinajstić information content (AvgIpc) is 2.80. The highest BCUT2D eigenvalue weighted by molar-refractivity contribution is 14.1. The molecule has 1 aliphatic heterocycles. The van der Waals surface area contributed by atoms with Crippen molar-refractivity contribution in [1.82, 2.24) is 4.90 Å². The van der Waals surface area contributed by atoms with Crippen LogP contribution >= 0.6 is 22.6 Å². The fourth-order valence-electron chi connectivity index (χ4n) is 2.20. The topological polar surface area (TPSA) is 40.5 Å². The number of halogens is 1. The summed E-state index contributed by atoms with van der Waals surface area (Å²) < 4.78 is 0.968. The number of amides is 1. The van der Waals surface area contributed by atoms with Gasteiger partial charge in [0.2, 0.25) is 0 Å². The van der Waals surface area contributed by atoms with Crippen molar-refractivity contribution in [2.24, 2.45) is 5.92 Å². The van der Waals surface area contributed by atoms with Crippen LogP contribution in [0.4, 0.5) is 0 Å². The summed E-state index contributed by atoms with van der Waals surface area (Å²) in [4.78, 5) is 14.1. The molecular weight excluding hydrogens is 329 g/mol. The number of hydrogen-bond acceptors (Lipinski definition) is 2. The van der Waals surface area contributed by atoms with Crippen LogP contribution in [0.25, 0.3) is 0 Å². The lowest BCUT2D eigenvalue weighted by Crippen LogP contribution is -2.28. The smallest absolute Gasteiger partial charge is 0.257 e. The van der Waals surface area contributed by atoms with Gasteiger partial charge in [-0.1, -0.05) is 13.3 Å². The molecule has 0 aromatic heterocycles. The quantitative estimate of drug-likeness (QED) is 0.838. The minimum atomic E-state index is -0.0445. The van der Waals surface area contributed by atoms with Crippen LogP contribution in [0.1, 0.15) is 30.1 Å². The Bertz CT molecular complexity index is 433. The first kappa shape index (κ1) is 12.7. The number of phenolic OH excluding ortho intramolecular Hbond substituents is 1. The van der Waals surface area contributed by atoms with Crippen molar-refractivity contribution in [3.63, 3.8) is 0 Å². The summed E-state index contributed by atoms with van der Waals surface area (Å²) in [5.41, 5.74) is 0.425. The highest BCUT2D eigenvalue weighted by Gasteiger charge is 2.27. The summed E-state index contributed by atoms with van der Waals surface area (Å²) in [5.74, 6) is 0.649. The fraction of sp³-hybridized carbons (Fsp3) is 0.462. The molecule has 1 unspecified atom stereocenters. The Hall–Kier alpha value is -0.780. The molecule has 0 bridgehead atoms. The molecule has 1 aromatic rings. The molecule has 0 spiro atoms. The number of phenols is 1. The molecule has 1 atom stereocenters. The molecule has 92 valence electrons. The third-order valence-corrected chi connectivity index (χ3v) is 4.01. The maximum atomic E-state index is 12.2. The molecule has 0 saturated carbocycles. The van der Waals surface area contributed by atoms with Gasteiger partial charge in [0.25, 0.3) is 5.91 Å². The largest absolute Gasteiger partial charge is 0.507 e. The number of benzene rings is 1.